The molecule has 7 heteroatoms. The van der Waals surface area contributed by atoms with E-state index >= 15 is 0 Å². The van der Waals surface area contributed by atoms with E-state index in [1.54, 1.807) is 23.1 Å². The fraction of sp³-hybridized carbons (Fsp3) is 0.524. The van der Waals surface area contributed by atoms with Gasteiger partial charge in [-0.05, 0) is 36.6 Å². The number of ether oxygens (including phenoxy) is 1. The van der Waals surface area contributed by atoms with Crippen LogP contribution in [0, 0.1) is 5.92 Å². The van der Waals surface area contributed by atoms with Gasteiger partial charge in [0, 0.05) is 47.3 Å². The molecule has 1 saturated heterocycles. The second-order valence-electron chi connectivity index (χ2n) is 7.43. The third-order valence-corrected chi connectivity index (χ3v) is 6.47. The number of nitrogens with zero attached hydrogens (tertiary/aromatic N) is 2. The average Bonchev–Trinajstić information content (AvgIpc) is 3.24. The number of carbonyl (C=O) groups is 1. The van der Waals surface area contributed by atoms with Gasteiger partial charge in [0.05, 0.1) is 24.4 Å². The predicted octanol–water partition coefficient (Wildman–Crippen LogP) is 3.91. The Morgan fingerprint density at radius 2 is 2.04 bits per heavy atom. The smallest absolute Gasteiger partial charge is 0.251 e. The summed E-state index contributed by atoms with van der Waals surface area (Å²) in [5.41, 5.74) is 3.66. The van der Waals surface area contributed by atoms with E-state index in [0.717, 1.165) is 49.1 Å². The highest BCUT2D eigenvalue weighted by Gasteiger charge is 2.22. The van der Waals surface area contributed by atoms with Crippen molar-refractivity contribution in [2.45, 2.75) is 37.0 Å². The van der Waals surface area contributed by atoms with Crippen molar-refractivity contribution in [2.24, 2.45) is 5.92 Å². The molecule has 5 nitrogen and oxygen atoms in total. The molecule has 1 unspecified atom stereocenters. The first kappa shape index (κ1) is 21.3. The van der Waals surface area contributed by atoms with Crippen molar-refractivity contribution in [3.05, 3.63) is 46.4 Å². The molecule has 1 fully saturated rings. The summed E-state index contributed by atoms with van der Waals surface area (Å²) in [5, 5.41) is 5.21. The first-order chi connectivity index (χ1) is 13.6. The van der Waals surface area contributed by atoms with E-state index in [1.807, 2.05) is 29.8 Å². The molecule has 1 aromatic carbocycles. The first-order valence-electron chi connectivity index (χ1n) is 9.81. The lowest BCUT2D eigenvalue weighted by molar-refractivity contribution is 0.0124. The van der Waals surface area contributed by atoms with Gasteiger partial charge in [-0.25, -0.2) is 4.98 Å². The lowest BCUT2D eigenvalue weighted by Crippen LogP contribution is -2.49. The molecule has 0 bridgehead atoms. The van der Waals surface area contributed by atoms with Crippen molar-refractivity contribution < 1.29 is 9.53 Å². The number of nitrogens with one attached hydrogen (secondary N) is 1. The maximum Gasteiger partial charge on any atom is 0.251 e. The van der Waals surface area contributed by atoms with Crippen LogP contribution in [0.15, 0.2) is 40.1 Å². The molecule has 0 radical (unpaired) electrons. The van der Waals surface area contributed by atoms with Crippen LogP contribution in [-0.2, 0) is 10.5 Å². The highest BCUT2D eigenvalue weighted by molar-refractivity contribution is 7.98. The zero-order chi connectivity index (χ0) is 19.8. The van der Waals surface area contributed by atoms with Crippen molar-refractivity contribution in [3.8, 4) is 0 Å². The number of thioether (sulfide) groups is 1. The molecule has 2 heterocycles. The lowest BCUT2D eigenvalue weighted by atomic mass is 10.0. The topological polar surface area (TPSA) is 54.5 Å². The van der Waals surface area contributed by atoms with Crippen LogP contribution in [-0.4, -0.2) is 54.7 Å². The minimum absolute atomic E-state index is 0.00179. The van der Waals surface area contributed by atoms with E-state index in [-0.39, 0.29) is 5.91 Å². The zero-order valence-corrected chi connectivity index (χ0v) is 18.2. The van der Waals surface area contributed by atoms with Crippen molar-refractivity contribution in [3.63, 3.8) is 0 Å². The maximum absolute atomic E-state index is 12.6. The Hall–Kier alpha value is -1.41. The quantitative estimate of drug-likeness (QED) is 0.625. The van der Waals surface area contributed by atoms with Gasteiger partial charge in [-0.2, -0.15) is 0 Å². The molecule has 0 saturated carbocycles. The Bertz CT molecular complexity index is 714. The van der Waals surface area contributed by atoms with E-state index in [0.29, 0.717) is 24.1 Å². The molecule has 1 aliphatic heterocycles. The van der Waals surface area contributed by atoms with E-state index in [4.69, 9.17) is 4.74 Å². The molecule has 2 aromatic rings. The zero-order valence-electron chi connectivity index (χ0n) is 16.6. The normalized spacial score (nSPS) is 16.2. The van der Waals surface area contributed by atoms with Crippen molar-refractivity contribution >= 4 is 29.0 Å². The van der Waals surface area contributed by atoms with Gasteiger partial charge in [-0.15, -0.1) is 23.1 Å². The largest absolute Gasteiger partial charge is 0.379 e. The molecule has 1 N–H and O–H groups in total. The van der Waals surface area contributed by atoms with E-state index in [9.17, 15) is 4.79 Å². The van der Waals surface area contributed by atoms with Gasteiger partial charge in [-0.1, -0.05) is 13.8 Å². The number of hydrogen-bond donors (Lipinski definition) is 1. The Morgan fingerprint density at radius 3 is 2.68 bits per heavy atom. The molecule has 28 heavy (non-hydrogen) atoms. The fourth-order valence-electron chi connectivity index (χ4n) is 3.33. The maximum atomic E-state index is 12.6. The van der Waals surface area contributed by atoms with Gasteiger partial charge in [0.15, 0.2) is 0 Å². The van der Waals surface area contributed by atoms with Gasteiger partial charge in [0.2, 0.25) is 0 Å². The molecule has 1 atom stereocenters. The van der Waals surface area contributed by atoms with E-state index in [1.165, 1.54) is 0 Å². The van der Waals surface area contributed by atoms with Gasteiger partial charge < -0.3 is 10.1 Å². The summed E-state index contributed by atoms with van der Waals surface area (Å²) < 4.78 is 5.47. The Labute approximate surface area is 175 Å². The highest BCUT2D eigenvalue weighted by atomic mass is 32.2. The second-order valence-corrected chi connectivity index (χ2v) is 9.20. The summed E-state index contributed by atoms with van der Waals surface area (Å²) in [6.07, 6.45) is 1.08. The number of benzene rings is 1. The number of morpholine rings is 1. The summed E-state index contributed by atoms with van der Waals surface area (Å²) >= 11 is 3.35. The molecule has 3 rings (SSSR count). The number of thiazole rings is 1. The van der Waals surface area contributed by atoms with Crippen LogP contribution in [0.4, 0.5) is 0 Å². The van der Waals surface area contributed by atoms with E-state index < -0.39 is 0 Å². The van der Waals surface area contributed by atoms with E-state index in [2.05, 4.69) is 34.4 Å². The number of rotatable bonds is 9. The third kappa shape index (κ3) is 6.58. The number of carbonyl (C=O) groups excluding carboxylic acids is 1. The summed E-state index contributed by atoms with van der Waals surface area (Å²) in [5.74, 6) is 1.45. The Morgan fingerprint density at radius 1 is 1.29 bits per heavy atom. The molecular weight excluding hydrogens is 390 g/mol. The Kier molecular flexibility index (Phi) is 8.33. The van der Waals surface area contributed by atoms with Gasteiger partial charge in [-0.3, -0.25) is 9.69 Å². The van der Waals surface area contributed by atoms with Crippen molar-refractivity contribution in [1.82, 2.24) is 15.2 Å². The minimum Gasteiger partial charge on any atom is -0.379 e. The molecule has 0 spiro atoms. The SMILES string of the molecule is CC(C)CC(CNC(=O)c1ccc(SCc2cscn2)cc1)N1CCOCC1. The van der Waals surface area contributed by atoms with Gasteiger partial charge in [0.1, 0.15) is 0 Å². The lowest BCUT2D eigenvalue weighted by Gasteiger charge is -2.35. The second kappa shape index (κ2) is 11.0. The fourth-order valence-corrected chi connectivity index (χ4v) is 4.79. The van der Waals surface area contributed by atoms with Crippen LogP contribution in [0.5, 0.6) is 0 Å². The van der Waals surface area contributed by atoms with Crippen LogP contribution < -0.4 is 5.32 Å². The Balaban J connectivity index is 1.50. The van der Waals surface area contributed by atoms with Crippen LogP contribution in [0.3, 0.4) is 0 Å². The van der Waals surface area contributed by atoms with Gasteiger partial charge in [0.25, 0.3) is 5.91 Å². The molecule has 0 aliphatic carbocycles. The number of hydrogen-bond acceptors (Lipinski definition) is 6. The molecular formula is C21H29N3O2S2. The highest BCUT2D eigenvalue weighted by Crippen LogP contribution is 2.23. The summed E-state index contributed by atoms with van der Waals surface area (Å²) in [6.45, 7) is 8.59. The summed E-state index contributed by atoms with van der Waals surface area (Å²) in [4.78, 5) is 20.5. The van der Waals surface area contributed by atoms with Crippen molar-refractivity contribution in [2.75, 3.05) is 32.8 Å². The predicted molar refractivity (Wildman–Crippen MR) is 116 cm³/mol. The molecule has 1 amide bonds. The van der Waals surface area contributed by atoms with Crippen LogP contribution >= 0.6 is 23.1 Å². The summed E-state index contributed by atoms with van der Waals surface area (Å²) in [6, 6.07) is 8.20. The average molecular weight is 420 g/mol. The molecule has 1 aromatic heterocycles. The van der Waals surface area contributed by atoms with Gasteiger partial charge >= 0.3 is 0 Å². The monoisotopic (exact) mass is 419 g/mol. The standard InChI is InChI=1S/C21H29N3O2S2/c1-16(2)11-19(24-7-9-26-10-8-24)12-22-21(25)17-3-5-20(6-4-17)28-14-18-13-27-15-23-18/h3-6,13,15-16,19H,7-12,14H2,1-2H3,(H,22,25). The van der Waals surface area contributed by atoms with Crippen molar-refractivity contribution in [1.29, 1.82) is 0 Å². The third-order valence-electron chi connectivity index (χ3n) is 4.79. The van der Waals surface area contributed by atoms with Crippen LogP contribution in [0.1, 0.15) is 36.3 Å². The molecule has 1 aliphatic rings. The van der Waals surface area contributed by atoms with Crippen LogP contribution in [0.25, 0.3) is 0 Å². The summed E-state index contributed by atoms with van der Waals surface area (Å²) in [7, 11) is 0. The molecule has 152 valence electrons. The number of aromatic nitrogens is 1. The number of amides is 1. The minimum atomic E-state index is -0.00179. The first-order valence-corrected chi connectivity index (χ1v) is 11.7. The van der Waals surface area contributed by atoms with Crippen LogP contribution in [0.2, 0.25) is 0 Å².